The summed E-state index contributed by atoms with van der Waals surface area (Å²) in [5.74, 6) is 0.606. The van der Waals surface area contributed by atoms with E-state index in [0.29, 0.717) is 18.7 Å². The SMILES string of the molecule is CSc1cc(C(=O)NCc2cc3nc(-c4cccc(N5CC(=O)NC(C)C5)n4)ccc3cn2)ccc1C. The van der Waals surface area contributed by atoms with E-state index >= 15 is 0 Å². The lowest BCUT2D eigenvalue weighted by Gasteiger charge is -2.32. The molecule has 5 rings (SSSR count). The number of aryl methyl sites for hydroxylation is 1. The summed E-state index contributed by atoms with van der Waals surface area (Å²) in [6, 6.07) is 17.3. The third-order valence-corrected chi connectivity index (χ3v) is 7.17. The Bertz CT molecular complexity index is 1490. The van der Waals surface area contributed by atoms with Crippen LogP contribution in [0, 0.1) is 6.92 Å². The maximum atomic E-state index is 12.7. The number of benzene rings is 1. The molecule has 0 saturated carbocycles. The Morgan fingerprint density at radius 2 is 1.97 bits per heavy atom. The van der Waals surface area contributed by atoms with Gasteiger partial charge < -0.3 is 15.5 Å². The van der Waals surface area contributed by atoms with Crippen LogP contribution in [0.2, 0.25) is 0 Å². The molecule has 8 nitrogen and oxygen atoms in total. The summed E-state index contributed by atoms with van der Waals surface area (Å²) in [6.45, 7) is 5.30. The molecule has 1 atom stereocenters. The van der Waals surface area contributed by atoms with E-state index in [1.54, 1.807) is 18.0 Å². The molecular formula is C28H28N6O2S. The van der Waals surface area contributed by atoms with Crippen molar-refractivity contribution in [3.63, 3.8) is 0 Å². The van der Waals surface area contributed by atoms with Gasteiger partial charge in [0.2, 0.25) is 5.91 Å². The van der Waals surface area contributed by atoms with Crippen molar-refractivity contribution in [2.75, 3.05) is 24.2 Å². The fourth-order valence-electron chi connectivity index (χ4n) is 4.38. The van der Waals surface area contributed by atoms with Crippen LogP contribution in [0.5, 0.6) is 0 Å². The average Bonchev–Trinajstić information content (AvgIpc) is 2.91. The van der Waals surface area contributed by atoms with Gasteiger partial charge in [-0.2, -0.15) is 0 Å². The molecule has 0 bridgehead atoms. The van der Waals surface area contributed by atoms with Crippen LogP contribution in [0.15, 0.2) is 65.7 Å². The average molecular weight is 513 g/mol. The molecular weight excluding hydrogens is 484 g/mol. The Morgan fingerprint density at radius 1 is 1.14 bits per heavy atom. The number of carbonyl (C=O) groups is 2. The van der Waals surface area contributed by atoms with Crippen LogP contribution in [0.25, 0.3) is 22.3 Å². The molecule has 1 unspecified atom stereocenters. The number of hydrogen-bond acceptors (Lipinski definition) is 7. The highest BCUT2D eigenvalue weighted by Crippen LogP contribution is 2.24. The van der Waals surface area contributed by atoms with Gasteiger partial charge in [0.05, 0.1) is 35.7 Å². The molecule has 2 amide bonds. The zero-order valence-electron chi connectivity index (χ0n) is 21.0. The first-order valence-electron chi connectivity index (χ1n) is 12.1. The number of piperazine rings is 1. The van der Waals surface area contributed by atoms with Gasteiger partial charge in [0, 0.05) is 34.6 Å². The van der Waals surface area contributed by atoms with E-state index in [9.17, 15) is 9.59 Å². The van der Waals surface area contributed by atoms with Crippen LogP contribution < -0.4 is 15.5 Å². The Kier molecular flexibility index (Phi) is 7.05. The first kappa shape index (κ1) is 24.7. The molecule has 1 saturated heterocycles. The number of anilines is 1. The van der Waals surface area contributed by atoms with Crippen molar-refractivity contribution in [3.05, 3.63) is 77.6 Å². The number of pyridine rings is 3. The highest BCUT2D eigenvalue weighted by molar-refractivity contribution is 7.98. The summed E-state index contributed by atoms with van der Waals surface area (Å²) in [6.07, 6.45) is 3.77. The third-order valence-electron chi connectivity index (χ3n) is 6.29. The number of thioether (sulfide) groups is 1. The lowest BCUT2D eigenvalue weighted by Crippen LogP contribution is -2.53. The number of nitrogens with one attached hydrogen (secondary N) is 2. The van der Waals surface area contributed by atoms with Gasteiger partial charge in [0.15, 0.2) is 0 Å². The minimum Gasteiger partial charge on any atom is -0.350 e. The van der Waals surface area contributed by atoms with E-state index in [4.69, 9.17) is 9.97 Å². The van der Waals surface area contributed by atoms with Crippen molar-refractivity contribution in [1.29, 1.82) is 0 Å². The summed E-state index contributed by atoms with van der Waals surface area (Å²) < 4.78 is 0. The summed E-state index contributed by atoms with van der Waals surface area (Å²) in [7, 11) is 0. The summed E-state index contributed by atoms with van der Waals surface area (Å²) in [5, 5.41) is 6.79. The van der Waals surface area contributed by atoms with Crippen molar-refractivity contribution in [2.24, 2.45) is 0 Å². The van der Waals surface area contributed by atoms with Gasteiger partial charge in [-0.25, -0.2) is 9.97 Å². The maximum absolute atomic E-state index is 12.7. The lowest BCUT2D eigenvalue weighted by molar-refractivity contribution is -0.121. The van der Waals surface area contributed by atoms with Gasteiger partial charge in [0.1, 0.15) is 5.82 Å². The van der Waals surface area contributed by atoms with E-state index in [1.165, 1.54) is 0 Å². The van der Waals surface area contributed by atoms with Crippen molar-refractivity contribution < 1.29 is 9.59 Å². The molecule has 1 fully saturated rings. The van der Waals surface area contributed by atoms with Gasteiger partial charge in [-0.1, -0.05) is 12.1 Å². The maximum Gasteiger partial charge on any atom is 0.251 e. The summed E-state index contributed by atoms with van der Waals surface area (Å²) in [5.41, 5.74) is 4.73. The molecule has 4 heterocycles. The van der Waals surface area contributed by atoms with Gasteiger partial charge >= 0.3 is 0 Å². The first-order valence-corrected chi connectivity index (χ1v) is 13.3. The van der Waals surface area contributed by atoms with Gasteiger partial charge in [-0.3, -0.25) is 14.6 Å². The number of nitrogens with zero attached hydrogens (tertiary/aromatic N) is 4. The topological polar surface area (TPSA) is 100 Å². The van der Waals surface area contributed by atoms with Crippen LogP contribution in [-0.4, -0.2) is 52.2 Å². The molecule has 188 valence electrons. The second-order valence-electron chi connectivity index (χ2n) is 9.16. The molecule has 37 heavy (non-hydrogen) atoms. The molecule has 0 aliphatic carbocycles. The minimum atomic E-state index is -0.138. The molecule has 0 spiro atoms. The van der Waals surface area contributed by atoms with Crippen LogP contribution in [0.1, 0.15) is 28.5 Å². The molecule has 3 aromatic heterocycles. The largest absolute Gasteiger partial charge is 0.350 e. The Balaban J connectivity index is 1.34. The van der Waals surface area contributed by atoms with E-state index in [1.807, 2.05) is 79.6 Å². The summed E-state index contributed by atoms with van der Waals surface area (Å²) >= 11 is 1.63. The predicted molar refractivity (Wildman–Crippen MR) is 147 cm³/mol. The molecule has 1 aromatic carbocycles. The van der Waals surface area contributed by atoms with Crippen molar-refractivity contribution in [3.8, 4) is 11.4 Å². The standard InChI is InChI=1S/C28H28N6O2S/c1-17-7-8-19(11-25(17)37-3)28(36)30-14-21-12-24-20(13-29-21)9-10-23(32-24)22-5-4-6-26(33-22)34-15-18(2)31-27(35)16-34/h4-13,18H,14-16H2,1-3H3,(H,30,36)(H,31,35). The molecule has 9 heteroatoms. The Hall–Kier alpha value is -3.98. The Morgan fingerprint density at radius 3 is 2.78 bits per heavy atom. The molecule has 1 aliphatic rings. The van der Waals surface area contributed by atoms with Crippen molar-refractivity contribution in [2.45, 2.75) is 31.3 Å². The van der Waals surface area contributed by atoms with Gasteiger partial charge in [0.25, 0.3) is 5.91 Å². The van der Waals surface area contributed by atoms with Crippen LogP contribution >= 0.6 is 11.8 Å². The third kappa shape index (κ3) is 5.56. The fraction of sp³-hybridized carbons (Fsp3) is 0.250. The van der Waals surface area contributed by atoms with Gasteiger partial charge in [-0.15, -0.1) is 11.8 Å². The highest BCUT2D eigenvalue weighted by Gasteiger charge is 2.22. The second kappa shape index (κ2) is 10.6. The van der Waals surface area contributed by atoms with E-state index < -0.39 is 0 Å². The van der Waals surface area contributed by atoms with Crippen LogP contribution in [0.3, 0.4) is 0 Å². The van der Waals surface area contributed by atoms with E-state index in [2.05, 4.69) is 15.6 Å². The lowest BCUT2D eigenvalue weighted by atomic mass is 10.1. The van der Waals surface area contributed by atoms with E-state index in [0.717, 1.165) is 44.3 Å². The number of rotatable bonds is 6. The molecule has 2 N–H and O–H groups in total. The zero-order chi connectivity index (χ0) is 25.9. The molecule has 4 aromatic rings. The number of carbonyl (C=O) groups excluding carboxylic acids is 2. The monoisotopic (exact) mass is 512 g/mol. The van der Waals surface area contributed by atoms with Crippen molar-refractivity contribution in [1.82, 2.24) is 25.6 Å². The Labute approximate surface area is 219 Å². The second-order valence-corrected chi connectivity index (χ2v) is 10.0. The zero-order valence-corrected chi connectivity index (χ0v) is 21.8. The number of fused-ring (bicyclic) bond motifs is 1. The minimum absolute atomic E-state index is 0.00558. The first-order chi connectivity index (χ1) is 17.9. The number of aromatic nitrogens is 3. The van der Waals surface area contributed by atoms with Crippen molar-refractivity contribution >= 4 is 40.3 Å². The van der Waals surface area contributed by atoms with Gasteiger partial charge in [-0.05, 0) is 68.1 Å². The number of hydrogen-bond donors (Lipinski definition) is 2. The highest BCUT2D eigenvalue weighted by atomic mass is 32.2. The molecule has 0 radical (unpaired) electrons. The number of amides is 2. The van der Waals surface area contributed by atoms with E-state index in [-0.39, 0.29) is 24.4 Å². The quantitative estimate of drug-likeness (QED) is 0.377. The van der Waals surface area contributed by atoms with Crippen LogP contribution in [-0.2, 0) is 11.3 Å². The smallest absolute Gasteiger partial charge is 0.251 e. The molecule has 1 aliphatic heterocycles. The fourth-order valence-corrected chi connectivity index (χ4v) is 5.02. The van der Waals surface area contributed by atoms with Crippen LogP contribution in [0.4, 0.5) is 5.82 Å². The summed E-state index contributed by atoms with van der Waals surface area (Å²) in [4.78, 5) is 41.9. The predicted octanol–water partition coefficient (Wildman–Crippen LogP) is 3.98. The normalized spacial score (nSPS) is 15.5.